The Balaban J connectivity index is 1.33. The van der Waals surface area contributed by atoms with Gasteiger partial charge in [-0.1, -0.05) is 36.4 Å². The summed E-state index contributed by atoms with van der Waals surface area (Å²) >= 11 is 0. The van der Waals surface area contributed by atoms with Crippen molar-refractivity contribution in [3.63, 3.8) is 0 Å². The van der Waals surface area contributed by atoms with Gasteiger partial charge in [-0.15, -0.1) is 0 Å². The van der Waals surface area contributed by atoms with Gasteiger partial charge in [0.15, 0.2) is 0 Å². The lowest BCUT2D eigenvalue weighted by Gasteiger charge is -2.26. The Morgan fingerprint density at radius 1 is 1.12 bits per heavy atom. The van der Waals surface area contributed by atoms with E-state index in [4.69, 9.17) is 9.47 Å². The molecule has 1 fully saturated rings. The number of morpholine rings is 1. The second-order valence-electron chi connectivity index (χ2n) is 6.45. The van der Waals surface area contributed by atoms with E-state index in [9.17, 15) is 5.11 Å². The van der Waals surface area contributed by atoms with Gasteiger partial charge in [0.05, 0.1) is 13.2 Å². The summed E-state index contributed by atoms with van der Waals surface area (Å²) in [5.41, 5.74) is 0. The van der Waals surface area contributed by atoms with Gasteiger partial charge in [-0.3, -0.25) is 4.90 Å². The van der Waals surface area contributed by atoms with Crippen molar-refractivity contribution < 1.29 is 14.6 Å². The first-order valence-corrected chi connectivity index (χ1v) is 9.12. The smallest absolute Gasteiger partial charge is 0.127 e. The van der Waals surface area contributed by atoms with Crippen LogP contribution in [0.4, 0.5) is 0 Å². The van der Waals surface area contributed by atoms with Crippen molar-refractivity contribution in [2.75, 3.05) is 52.5 Å². The molecule has 0 bridgehead atoms. The number of aliphatic hydroxyl groups is 1. The molecule has 0 aliphatic carbocycles. The summed E-state index contributed by atoms with van der Waals surface area (Å²) in [6.07, 6.45) is 0.569. The number of hydrogen-bond acceptors (Lipinski definition) is 5. The highest BCUT2D eigenvalue weighted by atomic mass is 16.5. The van der Waals surface area contributed by atoms with Crippen molar-refractivity contribution >= 4 is 10.8 Å². The molecule has 5 heteroatoms. The summed E-state index contributed by atoms with van der Waals surface area (Å²) in [5, 5.41) is 15.7. The Bertz CT molecular complexity index is 638. The molecule has 1 aliphatic rings. The lowest BCUT2D eigenvalue weighted by molar-refractivity contribution is 0.0373. The fraction of sp³-hybridized carbons (Fsp3) is 0.500. The number of ether oxygens (including phenoxy) is 2. The number of hydrogen-bond donors (Lipinski definition) is 2. The molecule has 2 aromatic rings. The largest absolute Gasteiger partial charge is 0.490 e. The number of rotatable bonds is 9. The minimum Gasteiger partial charge on any atom is -0.490 e. The summed E-state index contributed by atoms with van der Waals surface area (Å²) in [7, 11) is 0. The monoisotopic (exact) mass is 344 g/mol. The Hall–Kier alpha value is -1.66. The number of fused-ring (bicyclic) bond motifs is 1. The zero-order valence-corrected chi connectivity index (χ0v) is 14.7. The van der Waals surface area contributed by atoms with Gasteiger partial charge in [-0.25, -0.2) is 0 Å². The molecule has 0 saturated carbocycles. The predicted octanol–water partition coefficient (Wildman–Crippen LogP) is 1.89. The highest BCUT2D eigenvalue weighted by Crippen LogP contribution is 2.25. The zero-order chi connectivity index (χ0) is 17.3. The van der Waals surface area contributed by atoms with Crippen LogP contribution in [0.15, 0.2) is 42.5 Å². The van der Waals surface area contributed by atoms with Crippen LogP contribution in [0.3, 0.4) is 0 Å². The van der Waals surface area contributed by atoms with E-state index in [2.05, 4.69) is 22.3 Å². The zero-order valence-electron chi connectivity index (χ0n) is 14.7. The van der Waals surface area contributed by atoms with Gasteiger partial charge in [0.25, 0.3) is 0 Å². The van der Waals surface area contributed by atoms with E-state index in [1.807, 2.05) is 30.3 Å². The Morgan fingerprint density at radius 2 is 1.92 bits per heavy atom. The quantitative estimate of drug-likeness (QED) is 0.681. The van der Waals surface area contributed by atoms with E-state index < -0.39 is 6.10 Å². The summed E-state index contributed by atoms with van der Waals surface area (Å²) in [6.45, 7) is 6.58. The molecule has 1 saturated heterocycles. The summed E-state index contributed by atoms with van der Waals surface area (Å²) in [5.74, 6) is 0.824. The first-order chi connectivity index (χ1) is 12.3. The lowest BCUT2D eigenvalue weighted by atomic mass is 10.1. The SMILES string of the molecule is O[C@H](CNCCCN1CCOCC1)COc1cccc2ccccc12. The molecular weight excluding hydrogens is 316 g/mol. The van der Waals surface area contributed by atoms with Gasteiger partial charge in [-0.2, -0.15) is 0 Å². The van der Waals surface area contributed by atoms with Crippen LogP contribution in [0.25, 0.3) is 10.8 Å². The fourth-order valence-corrected chi connectivity index (χ4v) is 3.09. The van der Waals surface area contributed by atoms with E-state index >= 15 is 0 Å². The molecule has 5 nitrogen and oxygen atoms in total. The molecule has 1 atom stereocenters. The second-order valence-corrected chi connectivity index (χ2v) is 6.45. The first kappa shape index (κ1) is 18.1. The number of aliphatic hydroxyl groups excluding tert-OH is 1. The molecule has 0 aromatic heterocycles. The molecule has 1 aliphatic heterocycles. The molecular formula is C20H28N2O3. The normalized spacial score (nSPS) is 16.8. The minimum absolute atomic E-state index is 0.296. The van der Waals surface area contributed by atoms with Crippen LogP contribution in [-0.4, -0.2) is 68.7 Å². The lowest BCUT2D eigenvalue weighted by Crippen LogP contribution is -2.38. The van der Waals surface area contributed by atoms with Crippen molar-refractivity contribution in [1.29, 1.82) is 0 Å². The topological polar surface area (TPSA) is 54.0 Å². The molecule has 136 valence electrons. The highest BCUT2D eigenvalue weighted by molar-refractivity contribution is 5.88. The van der Waals surface area contributed by atoms with Crippen LogP contribution < -0.4 is 10.1 Å². The molecule has 1 heterocycles. The van der Waals surface area contributed by atoms with E-state index in [1.54, 1.807) is 0 Å². The third kappa shape index (κ3) is 5.68. The van der Waals surface area contributed by atoms with Gasteiger partial charge in [0.1, 0.15) is 18.5 Å². The first-order valence-electron chi connectivity index (χ1n) is 9.12. The maximum absolute atomic E-state index is 10.1. The fourth-order valence-electron chi connectivity index (χ4n) is 3.09. The maximum Gasteiger partial charge on any atom is 0.127 e. The van der Waals surface area contributed by atoms with Crippen molar-refractivity contribution in [3.8, 4) is 5.75 Å². The van der Waals surface area contributed by atoms with Gasteiger partial charge in [-0.05, 0) is 31.0 Å². The van der Waals surface area contributed by atoms with E-state index in [0.717, 1.165) is 62.3 Å². The molecule has 0 spiro atoms. The standard InChI is InChI=1S/C20H28N2O3/c23-18(15-21-9-4-10-22-11-13-24-14-12-22)16-25-20-8-3-6-17-5-1-2-7-19(17)20/h1-3,5-8,18,21,23H,4,9-16H2/t18-/m1/s1. The molecule has 3 rings (SSSR count). The van der Waals surface area contributed by atoms with Crippen LogP contribution >= 0.6 is 0 Å². The Kier molecular flexibility index (Phi) is 7.06. The third-order valence-electron chi connectivity index (χ3n) is 4.49. The average molecular weight is 344 g/mol. The third-order valence-corrected chi connectivity index (χ3v) is 4.49. The highest BCUT2D eigenvalue weighted by Gasteiger charge is 2.10. The van der Waals surface area contributed by atoms with Crippen molar-refractivity contribution in [2.45, 2.75) is 12.5 Å². The average Bonchev–Trinajstić information content (AvgIpc) is 2.67. The van der Waals surface area contributed by atoms with Gasteiger partial charge in [0.2, 0.25) is 0 Å². The van der Waals surface area contributed by atoms with Crippen molar-refractivity contribution in [1.82, 2.24) is 10.2 Å². The molecule has 2 aromatic carbocycles. The van der Waals surface area contributed by atoms with E-state index in [1.165, 1.54) is 0 Å². The molecule has 0 unspecified atom stereocenters. The second kappa shape index (κ2) is 9.73. The van der Waals surface area contributed by atoms with Crippen LogP contribution in [0, 0.1) is 0 Å². The van der Waals surface area contributed by atoms with Gasteiger partial charge < -0.3 is 19.9 Å². The van der Waals surface area contributed by atoms with Crippen LogP contribution in [0.2, 0.25) is 0 Å². The van der Waals surface area contributed by atoms with Crippen LogP contribution in [0.5, 0.6) is 5.75 Å². The Labute approximate surface area is 149 Å². The molecule has 25 heavy (non-hydrogen) atoms. The van der Waals surface area contributed by atoms with E-state index in [-0.39, 0.29) is 0 Å². The van der Waals surface area contributed by atoms with Crippen LogP contribution in [-0.2, 0) is 4.74 Å². The minimum atomic E-state index is -0.512. The molecule has 0 radical (unpaired) electrons. The Morgan fingerprint density at radius 3 is 2.80 bits per heavy atom. The van der Waals surface area contributed by atoms with Gasteiger partial charge >= 0.3 is 0 Å². The van der Waals surface area contributed by atoms with E-state index in [0.29, 0.717) is 13.2 Å². The number of nitrogens with one attached hydrogen (secondary N) is 1. The summed E-state index contributed by atoms with van der Waals surface area (Å²) < 4.78 is 11.2. The van der Waals surface area contributed by atoms with Crippen molar-refractivity contribution in [3.05, 3.63) is 42.5 Å². The number of nitrogens with zero attached hydrogens (tertiary/aromatic N) is 1. The van der Waals surface area contributed by atoms with Crippen molar-refractivity contribution in [2.24, 2.45) is 0 Å². The summed E-state index contributed by atoms with van der Waals surface area (Å²) in [4.78, 5) is 2.42. The summed E-state index contributed by atoms with van der Waals surface area (Å²) in [6, 6.07) is 14.1. The van der Waals surface area contributed by atoms with Gasteiger partial charge in [0, 0.05) is 25.0 Å². The maximum atomic E-state index is 10.1. The molecule has 0 amide bonds. The molecule has 2 N–H and O–H groups in total. The number of benzene rings is 2. The van der Waals surface area contributed by atoms with Crippen LogP contribution in [0.1, 0.15) is 6.42 Å². The predicted molar refractivity (Wildman–Crippen MR) is 100 cm³/mol.